The van der Waals surface area contributed by atoms with Crippen LogP contribution < -0.4 is 0 Å². The van der Waals surface area contributed by atoms with Gasteiger partial charge in [0.2, 0.25) is 5.76 Å². The molecule has 1 aromatic heterocycles. The minimum atomic E-state index is 0.0290. The van der Waals surface area contributed by atoms with E-state index in [2.05, 4.69) is 37.8 Å². The molecule has 1 aromatic rings. The van der Waals surface area contributed by atoms with Crippen LogP contribution in [0.3, 0.4) is 0 Å². The second kappa shape index (κ2) is 3.88. The lowest BCUT2D eigenvalue weighted by Gasteiger charge is -2.12. The lowest BCUT2D eigenvalue weighted by atomic mass is 9.92. The van der Waals surface area contributed by atoms with Gasteiger partial charge in [-0.05, 0) is 5.92 Å². The maximum Gasteiger partial charge on any atom is 0.209 e. The molecule has 0 fully saturated rings. The highest BCUT2D eigenvalue weighted by atomic mass is 16.5. The summed E-state index contributed by atoms with van der Waals surface area (Å²) in [5.41, 5.74) is 0.979. The average molecular weight is 191 g/mol. The molecule has 0 unspecified atom stereocenters. The molecule has 0 radical (unpaired) electrons. The third-order valence-corrected chi connectivity index (χ3v) is 1.76. The van der Waals surface area contributed by atoms with Crippen LogP contribution in [-0.4, -0.2) is 5.16 Å². The molecular weight excluding hydrogens is 174 g/mol. The maximum absolute atomic E-state index is 5.12. The summed E-state index contributed by atoms with van der Waals surface area (Å²) >= 11 is 0. The van der Waals surface area contributed by atoms with Crippen molar-refractivity contribution >= 4 is 0 Å². The molecule has 0 spiro atoms. The van der Waals surface area contributed by atoms with Crippen LogP contribution in [0.15, 0.2) is 10.6 Å². The topological polar surface area (TPSA) is 26.0 Å². The van der Waals surface area contributed by atoms with Crippen molar-refractivity contribution in [3.63, 3.8) is 0 Å². The molecule has 14 heavy (non-hydrogen) atoms. The van der Waals surface area contributed by atoms with Crippen LogP contribution in [0.25, 0.3) is 0 Å². The zero-order valence-electron chi connectivity index (χ0n) is 9.51. The highest BCUT2D eigenvalue weighted by molar-refractivity contribution is 5.28. The Hall–Kier alpha value is -1.23. The molecular formula is C12H17NO. The van der Waals surface area contributed by atoms with Crippen LogP contribution in [-0.2, 0) is 5.41 Å². The van der Waals surface area contributed by atoms with E-state index in [1.165, 1.54) is 0 Å². The van der Waals surface area contributed by atoms with E-state index in [9.17, 15) is 0 Å². The first-order valence-electron chi connectivity index (χ1n) is 4.88. The zero-order valence-corrected chi connectivity index (χ0v) is 9.51. The summed E-state index contributed by atoms with van der Waals surface area (Å²) in [7, 11) is 0. The predicted octanol–water partition coefficient (Wildman–Crippen LogP) is 2.98. The third kappa shape index (κ3) is 2.92. The average Bonchev–Trinajstić information content (AvgIpc) is 2.47. The first-order chi connectivity index (χ1) is 6.39. The van der Waals surface area contributed by atoms with E-state index in [-0.39, 0.29) is 5.41 Å². The van der Waals surface area contributed by atoms with Gasteiger partial charge >= 0.3 is 0 Å². The molecule has 0 aliphatic rings. The van der Waals surface area contributed by atoms with Gasteiger partial charge in [0.05, 0.1) is 5.69 Å². The van der Waals surface area contributed by atoms with Gasteiger partial charge in [0.25, 0.3) is 0 Å². The lowest BCUT2D eigenvalue weighted by Crippen LogP contribution is -2.10. The van der Waals surface area contributed by atoms with E-state index < -0.39 is 0 Å². The Labute approximate surface area is 85.7 Å². The summed E-state index contributed by atoms with van der Waals surface area (Å²) in [6.07, 6.45) is 0. The largest absolute Gasteiger partial charge is 0.347 e. The fraction of sp³-hybridized carbons (Fsp3) is 0.583. The summed E-state index contributed by atoms with van der Waals surface area (Å²) in [4.78, 5) is 0. The summed E-state index contributed by atoms with van der Waals surface area (Å²) < 4.78 is 5.12. The van der Waals surface area contributed by atoms with E-state index in [0.717, 1.165) is 5.69 Å². The second-order valence-corrected chi connectivity index (χ2v) is 4.75. The summed E-state index contributed by atoms with van der Waals surface area (Å²) in [5, 5.41) is 3.99. The molecule has 1 heterocycles. The lowest BCUT2D eigenvalue weighted by molar-refractivity contribution is 0.386. The van der Waals surface area contributed by atoms with Crippen LogP contribution in [0, 0.1) is 17.8 Å². The molecule has 0 saturated heterocycles. The molecule has 0 aliphatic heterocycles. The van der Waals surface area contributed by atoms with Crippen LogP contribution in [0.5, 0.6) is 0 Å². The van der Waals surface area contributed by atoms with Gasteiger partial charge in [0.1, 0.15) is 0 Å². The number of hydrogen-bond acceptors (Lipinski definition) is 2. The fourth-order valence-electron chi connectivity index (χ4n) is 0.903. The Balaban J connectivity index is 2.86. The molecule has 1 rings (SSSR count). The highest BCUT2D eigenvalue weighted by Crippen LogP contribution is 2.20. The molecule has 0 amide bonds. The van der Waals surface area contributed by atoms with Gasteiger partial charge in [0, 0.05) is 17.4 Å². The molecule has 0 saturated carbocycles. The smallest absolute Gasteiger partial charge is 0.209 e. The maximum atomic E-state index is 5.12. The zero-order chi connectivity index (χ0) is 10.8. The predicted molar refractivity (Wildman–Crippen MR) is 56.9 cm³/mol. The van der Waals surface area contributed by atoms with E-state index in [1.807, 2.05) is 19.9 Å². The minimum Gasteiger partial charge on any atom is -0.347 e. The summed E-state index contributed by atoms with van der Waals surface area (Å²) in [6.45, 7) is 10.4. The minimum absolute atomic E-state index is 0.0290. The molecule has 0 aromatic carbocycles. The molecule has 2 heteroatoms. The van der Waals surface area contributed by atoms with Gasteiger partial charge in [-0.25, -0.2) is 0 Å². The number of rotatable bonds is 0. The van der Waals surface area contributed by atoms with Gasteiger partial charge in [-0.15, -0.1) is 0 Å². The second-order valence-electron chi connectivity index (χ2n) is 4.75. The Morgan fingerprint density at radius 2 is 2.00 bits per heavy atom. The van der Waals surface area contributed by atoms with Gasteiger partial charge in [0.15, 0.2) is 0 Å². The van der Waals surface area contributed by atoms with Gasteiger partial charge < -0.3 is 4.52 Å². The van der Waals surface area contributed by atoms with E-state index in [1.54, 1.807) is 0 Å². The summed E-state index contributed by atoms with van der Waals surface area (Å²) in [6, 6.07) is 1.91. The van der Waals surface area contributed by atoms with Crippen LogP contribution in [0.4, 0.5) is 0 Å². The normalized spacial score (nSPS) is 11.3. The van der Waals surface area contributed by atoms with Crippen molar-refractivity contribution in [2.24, 2.45) is 5.92 Å². The first kappa shape index (κ1) is 10.8. The van der Waals surface area contributed by atoms with Crippen LogP contribution in [0.2, 0.25) is 0 Å². The van der Waals surface area contributed by atoms with Crippen molar-refractivity contribution in [3.05, 3.63) is 17.5 Å². The van der Waals surface area contributed by atoms with Crippen LogP contribution in [0.1, 0.15) is 46.1 Å². The van der Waals surface area contributed by atoms with Crippen LogP contribution >= 0.6 is 0 Å². The monoisotopic (exact) mass is 191 g/mol. The standard InChI is InChI=1S/C12H17NO/c1-9(2)6-7-10-8-11(13-14-10)12(3,4)5/h8-9H,1-5H3. The van der Waals surface area contributed by atoms with E-state index in [4.69, 9.17) is 4.52 Å². The number of aromatic nitrogens is 1. The SMILES string of the molecule is CC(C)C#Cc1cc(C(C)(C)C)no1. The highest BCUT2D eigenvalue weighted by Gasteiger charge is 2.18. The molecule has 0 atom stereocenters. The van der Waals surface area contributed by atoms with Gasteiger partial charge in [-0.3, -0.25) is 0 Å². The Morgan fingerprint density at radius 1 is 1.36 bits per heavy atom. The van der Waals surface area contributed by atoms with Gasteiger partial charge in [-0.2, -0.15) is 0 Å². The Bertz CT molecular complexity index is 358. The Morgan fingerprint density at radius 3 is 2.43 bits per heavy atom. The number of hydrogen-bond donors (Lipinski definition) is 0. The van der Waals surface area contributed by atoms with E-state index in [0.29, 0.717) is 11.7 Å². The van der Waals surface area contributed by atoms with Crippen molar-refractivity contribution in [2.45, 2.75) is 40.0 Å². The molecule has 0 N–H and O–H groups in total. The molecule has 0 aliphatic carbocycles. The van der Waals surface area contributed by atoms with Crippen molar-refractivity contribution in [2.75, 3.05) is 0 Å². The molecule has 0 bridgehead atoms. The Kier molecular flexibility index (Phi) is 3.00. The molecule has 76 valence electrons. The van der Waals surface area contributed by atoms with Crippen molar-refractivity contribution in [1.29, 1.82) is 0 Å². The summed E-state index contributed by atoms with van der Waals surface area (Å²) in [5.74, 6) is 7.02. The number of nitrogens with zero attached hydrogens (tertiary/aromatic N) is 1. The van der Waals surface area contributed by atoms with Gasteiger partial charge in [-0.1, -0.05) is 45.7 Å². The van der Waals surface area contributed by atoms with Crippen molar-refractivity contribution in [3.8, 4) is 11.8 Å². The third-order valence-electron chi connectivity index (χ3n) is 1.76. The molecule has 2 nitrogen and oxygen atoms in total. The fourth-order valence-corrected chi connectivity index (χ4v) is 0.903. The first-order valence-corrected chi connectivity index (χ1v) is 4.88. The van der Waals surface area contributed by atoms with Crippen molar-refractivity contribution < 1.29 is 4.52 Å². The van der Waals surface area contributed by atoms with Crippen molar-refractivity contribution in [1.82, 2.24) is 5.16 Å². The quantitative estimate of drug-likeness (QED) is 0.589. The van der Waals surface area contributed by atoms with E-state index >= 15 is 0 Å².